The first-order valence-electron chi connectivity index (χ1n) is 10.1. The molecule has 148 valence electrons. The van der Waals surface area contributed by atoms with Crippen LogP contribution in [0.25, 0.3) is 0 Å². The maximum atomic E-state index is 12.6. The number of amides is 1. The first kappa shape index (κ1) is 17.7. The monoisotopic (exact) mass is 382 g/mol. The Morgan fingerprint density at radius 2 is 2.29 bits per heavy atom. The number of aromatic nitrogens is 2. The zero-order chi connectivity index (χ0) is 19.1. The van der Waals surface area contributed by atoms with Crippen LogP contribution in [0, 0.1) is 12.8 Å². The van der Waals surface area contributed by atoms with E-state index in [0.29, 0.717) is 44.6 Å². The third-order valence-electron chi connectivity index (χ3n) is 6.21. The highest BCUT2D eigenvalue weighted by atomic mass is 16.5. The molecule has 0 bridgehead atoms. The minimum Gasteiger partial charge on any atom is -0.467 e. The Bertz CT molecular complexity index is 878. The van der Waals surface area contributed by atoms with E-state index in [1.165, 1.54) is 12.8 Å². The van der Waals surface area contributed by atoms with Gasteiger partial charge in [0.1, 0.15) is 5.76 Å². The lowest BCUT2D eigenvalue weighted by Gasteiger charge is -2.35. The normalized spacial score (nSPS) is 23.8. The Kier molecular flexibility index (Phi) is 4.34. The van der Waals surface area contributed by atoms with Crippen molar-refractivity contribution in [3.05, 3.63) is 41.1 Å². The molecule has 1 saturated carbocycles. The average Bonchev–Trinajstić information content (AvgIpc) is 3.18. The Morgan fingerprint density at radius 1 is 1.39 bits per heavy atom. The van der Waals surface area contributed by atoms with E-state index in [4.69, 9.17) is 14.1 Å². The molecule has 7 nitrogen and oxygen atoms in total. The van der Waals surface area contributed by atoms with Gasteiger partial charge in [0.05, 0.1) is 37.1 Å². The number of aryl methyl sites for hydroxylation is 1. The number of hydrogen-bond acceptors (Lipinski definition) is 6. The second-order valence-electron chi connectivity index (χ2n) is 8.38. The SMILES string of the molecule is Cc1nc(NCc2ccco2)nc2c1COC[C@]21CCN(C(=O)CC2CC2)C1. The number of anilines is 1. The fourth-order valence-corrected chi connectivity index (χ4v) is 4.38. The average molecular weight is 382 g/mol. The lowest BCUT2D eigenvalue weighted by atomic mass is 9.80. The molecule has 1 amide bonds. The molecule has 2 aromatic heterocycles. The van der Waals surface area contributed by atoms with Crippen molar-refractivity contribution >= 4 is 11.9 Å². The minimum atomic E-state index is -0.221. The van der Waals surface area contributed by atoms with Gasteiger partial charge in [0.2, 0.25) is 11.9 Å². The third kappa shape index (κ3) is 3.28. The zero-order valence-corrected chi connectivity index (χ0v) is 16.2. The van der Waals surface area contributed by atoms with Gasteiger partial charge < -0.3 is 19.4 Å². The van der Waals surface area contributed by atoms with Crippen LogP contribution in [0.3, 0.4) is 0 Å². The van der Waals surface area contributed by atoms with E-state index in [9.17, 15) is 4.79 Å². The number of carbonyl (C=O) groups is 1. The van der Waals surface area contributed by atoms with Gasteiger partial charge in [-0.2, -0.15) is 0 Å². The molecule has 1 atom stereocenters. The molecule has 5 rings (SSSR count). The van der Waals surface area contributed by atoms with Crippen LogP contribution in [0.4, 0.5) is 5.95 Å². The summed E-state index contributed by atoms with van der Waals surface area (Å²) in [6.07, 6.45) is 5.66. The summed E-state index contributed by atoms with van der Waals surface area (Å²) in [4.78, 5) is 24.2. The molecule has 0 unspecified atom stereocenters. The van der Waals surface area contributed by atoms with Gasteiger partial charge in [-0.3, -0.25) is 4.79 Å². The van der Waals surface area contributed by atoms with Crippen LogP contribution in [0.1, 0.15) is 48.4 Å². The van der Waals surface area contributed by atoms with E-state index in [-0.39, 0.29) is 11.3 Å². The predicted octanol–water partition coefficient (Wildman–Crippen LogP) is 2.79. The Labute approximate surface area is 164 Å². The molecule has 1 aliphatic carbocycles. The topological polar surface area (TPSA) is 80.5 Å². The predicted molar refractivity (Wildman–Crippen MR) is 103 cm³/mol. The number of likely N-dealkylation sites (tertiary alicyclic amines) is 1. The lowest BCUT2D eigenvalue weighted by Crippen LogP contribution is -2.42. The van der Waals surface area contributed by atoms with Gasteiger partial charge in [-0.05, 0) is 44.2 Å². The van der Waals surface area contributed by atoms with Crippen LogP contribution >= 0.6 is 0 Å². The van der Waals surface area contributed by atoms with Gasteiger partial charge in [-0.1, -0.05) is 0 Å². The molecule has 2 aromatic rings. The molecule has 28 heavy (non-hydrogen) atoms. The summed E-state index contributed by atoms with van der Waals surface area (Å²) in [5.74, 6) is 2.35. The summed E-state index contributed by atoms with van der Waals surface area (Å²) >= 11 is 0. The smallest absolute Gasteiger partial charge is 0.223 e. The van der Waals surface area contributed by atoms with E-state index in [1.54, 1.807) is 6.26 Å². The number of nitrogens with zero attached hydrogens (tertiary/aromatic N) is 3. The fraction of sp³-hybridized carbons (Fsp3) is 0.571. The van der Waals surface area contributed by atoms with E-state index >= 15 is 0 Å². The maximum Gasteiger partial charge on any atom is 0.223 e. The first-order chi connectivity index (χ1) is 13.6. The van der Waals surface area contributed by atoms with Crippen LogP contribution in [-0.2, 0) is 28.1 Å². The molecule has 7 heteroatoms. The largest absolute Gasteiger partial charge is 0.467 e. The van der Waals surface area contributed by atoms with Gasteiger partial charge >= 0.3 is 0 Å². The van der Waals surface area contributed by atoms with E-state index in [2.05, 4.69) is 10.3 Å². The van der Waals surface area contributed by atoms with Crippen molar-refractivity contribution < 1.29 is 13.9 Å². The summed E-state index contributed by atoms with van der Waals surface area (Å²) in [6.45, 7) is 5.18. The molecule has 0 radical (unpaired) electrons. The summed E-state index contributed by atoms with van der Waals surface area (Å²) < 4.78 is 11.3. The van der Waals surface area contributed by atoms with Crippen molar-refractivity contribution in [2.75, 3.05) is 25.0 Å². The van der Waals surface area contributed by atoms with Crippen molar-refractivity contribution in [2.24, 2.45) is 5.92 Å². The zero-order valence-electron chi connectivity index (χ0n) is 16.2. The van der Waals surface area contributed by atoms with Crippen molar-refractivity contribution in [1.82, 2.24) is 14.9 Å². The number of nitrogens with one attached hydrogen (secondary N) is 1. The second-order valence-corrected chi connectivity index (χ2v) is 8.38. The van der Waals surface area contributed by atoms with Crippen LogP contribution in [-0.4, -0.2) is 40.5 Å². The minimum absolute atomic E-state index is 0.221. The number of rotatable bonds is 5. The Morgan fingerprint density at radius 3 is 3.07 bits per heavy atom. The standard InChI is InChI=1S/C21H26N4O3/c1-14-17-11-27-13-21(6-7-25(12-21)18(26)9-15-4-5-15)19(17)24-20(23-14)22-10-16-3-2-8-28-16/h2-3,8,15H,4-7,9-13H2,1H3,(H,22,23,24)/t21-/m1/s1. The number of ether oxygens (including phenoxy) is 1. The first-order valence-corrected chi connectivity index (χ1v) is 10.1. The highest BCUT2D eigenvalue weighted by molar-refractivity contribution is 5.77. The summed E-state index contributed by atoms with van der Waals surface area (Å²) in [7, 11) is 0. The van der Waals surface area contributed by atoms with E-state index in [0.717, 1.165) is 35.7 Å². The van der Waals surface area contributed by atoms with Gasteiger partial charge in [0, 0.05) is 30.8 Å². The van der Waals surface area contributed by atoms with Crippen molar-refractivity contribution in [2.45, 2.75) is 51.2 Å². The number of carbonyl (C=O) groups excluding carboxylic acids is 1. The number of furan rings is 1. The molecular formula is C21H26N4O3. The van der Waals surface area contributed by atoms with Crippen LogP contribution in [0.2, 0.25) is 0 Å². The molecule has 1 spiro atoms. The molecular weight excluding hydrogens is 356 g/mol. The quantitative estimate of drug-likeness (QED) is 0.857. The van der Waals surface area contributed by atoms with E-state index < -0.39 is 0 Å². The Balaban J connectivity index is 1.39. The summed E-state index contributed by atoms with van der Waals surface area (Å²) in [5, 5.41) is 3.28. The van der Waals surface area contributed by atoms with Gasteiger partial charge in [-0.25, -0.2) is 9.97 Å². The molecule has 4 heterocycles. The molecule has 0 aromatic carbocycles. The highest BCUT2D eigenvalue weighted by Crippen LogP contribution is 2.41. The van der Waals surface area contributed by atoms with Crippen molar-refractivity contribution in [1.29, 1.82) is 0 Å². The third-order valence-corrected chi connectivity index (χ3v) is 6.21. The van der Waals surface area contributed by atoms with Gasteiger partial charge in [0.15, 0.2) is 0 Å². The molecule has 2 fully saturated rings. The molecule has 3 aliphatic rings. The lowest BCUT2D eigenvalue weighted by molar-refractivity contribution is -0.130. The number of hydrogen-bond donors (Lipinski definition) is 1. The van der Waals surface area contributed by atoms with Crippen LogP contribution in [0.15, 0.2) is 22.8 Å². The maximum absolute atomic E-state index is 12.6. The number of fused-ring (bicyclic) bond motifs is 2. The van der Waals surface area contributed by atoms with Gasteiger partial charge in [0.25, 0.3) is 0 Å². The van der Waals surface area contributed by atoms with E-state index in [1.807, 2.05) is 24.0 Å². The fourth-order valence-electron chi connectivity index (χ4n) is 4.38. The Hall–Kier alpha value is -2.41. The summed E-state index contributed by atoms with van der Waals surface area (Å²) in [5.41, 5.74) is 2.84. The highest BCUT2D eigenvalue weighted by Gasteiger charge is 2.47. The molecule has 2 aliphatic heterocycles. The second kappa shape index (κ2) is 6.88. The van der Waals surface area contributed by atoms with Crippen molar-refractivity contribution in [3.63, 3.8) is 0 Å². The molecule has 1 saturated heterocycles. The summed E-state index contributed by atoms with van der Waals surface area (Å²) in [6, 6.07) is 3.79. The van der Waals surface area contributed by atoms with Crippen LogP contribution < -0.4 is 5.32 Å². The van der Waals surface area contributed by atoms with Crippen molar-refractivity contribution in [3.8, 4) is 0 Å². The van der Waals surface area contributed by atoms with Gasteiger partial charge in [-0.15, -0.1) is 0 Å². The molecule has 1 N–H and O–H groups in total. The van der Waals surface area contributed by atoms with Crippen LogP contribution in [0.5, 0.6) is 0 Å².